The predicted octanol–water partition coefficient (Wildman–Crippen LogP) is 3.09. The Morgan fingerprint density at radius 3 is 1.93 bits per heavy atom. The molecule has 150 valence electrons. The Bertz CT molecular complexity index is 824. The Morgan fingerprint density at radius 1 is 1.04 bits per heavy atom. The molecule has 6 heteroatoms. The first-order valence-corrected chi connectivity index (χ1v) is 11.3. The summed E-state index contributed by atoms with van der Waals surface area (Å²) in [5.74, 6) is 0.829. The topological polar surface area (TPSA) is 57.7 Å². The maximum atomic E-state index is 13.3. The van der Waals surface area contributed by atoms with Gasteiger partial charge in [0.25, 0.3) is 0 Å². The molecule has 2 aliphatic rings. The SMILES string of the molecule is Cc1cc(C(C)(C)C)cc(C)c1S(=O)(=O)N1CCN(C(=O)[C@H]2C[C@@H]2C)CC1. The molecule has 1 heterocycles. The van der Waals surface area contributed by atoms with E-state index in [1.807, 2.05) is 30.9 Å². The third kappa shape index (κ3) is 3.92. The van der Waals surface area contributed by atoms with Gasteiger partial charge in [-0.15, -0.1) is 0 Å². The van der Waals surface area contributed by atoms with Gasteiger partial charge in [0.1, 0.15) is 0 Å². The van der Waals surface area contributed by atoms with Crippen molar-refractivity contribution in [1.29, 1.82) is 0 Å². The monoisotopic (exact) mass is 392 g/mol. The van der Waals surface area contributed by atoms with E-state index in [4.69, 9.17) is 0 Å². The largest absolute Gasteiger partial charge is 0.340 e. The number of carbonyl (C=O) groups is 1. The molecule has 0 unspecified atom stereocenters. The number of hydrogen-bond donors (Lipinski definition) is 0. The summed E-state index contributed by atoms with van der Waals surface area (Å²) in [4.78, 5) is 14.7. The zero-order chi connectivity index (χ0) is 20.1. The van der Waals surface area contributed by atoms with E-state index < -0.39 is 10.0 Å². The number of hydrogen-bond acceptors (Lipinski definition) is 3. The number of nitrogens with zero attached hydrogens (tertiary/aromatic N) is 2. The zero-order valence-electron chi connectivity index (χ0n) is 17.4. The average Bonchev–Trinajstić information content (AvgIpc) is 3.29. The second kappa shape index (κ2) is 6.89. The van der Waals surface area contributed by atoms with Gasteiger partial charge >= 0.3 is 0 Å². The molecule has 0 N–H and O–H groups in total. The molecule has 2 atom stereocenters. The van der Waals surface area contributed by atoms with Crippen LogP contribution in [0.1, 0.15) is 50.8 Å². The van der Waals surface area contributed by atoms with Crippen LogP contribution in [0.4, 0.5) is 0 Å². The number of benzene rings is 1. The van der Waals surface area contributed by atoms with Crippen LogP contribution < -0.4 is 0 Å². The summed E-state index contributed by atoms with van der Waals surface area (Å²) in [7, 11) is -3.55. The Labute approximate surface area is 163 Å². The number of sulfonamides is 1. The van der Waals surface area contributed by atoms with Gasteiger partial charge < -0.3 is 4.90 Å². The fraction of sp³-hybridized carbons (Fsp3) is 0.667. The Balaban J connectivity index is 1.79. The minimum Gasteiger partial charge on any atom is -0.340 e. The number of amides is 1. The molecule has 0 spiro atoms. The quantitative estimate of drug-likeness (QED) is 0.794. The summed E-state index contributed by atoms with van der Waals surface area (Å²) in [5, 5.41) is 0. The molecular formula is C21H32N2O3S. The number of rotatable bonds is 3. The second-order valence-electron chi connectivity index (χ2n) is 9.24. The van der Waals surface area contributed by atoms with Crippen LogP contribution in [-0.4, -0.2) is 49.7 Å². The highest BCUT2D eigenvalue weighted by atomic mass is 32.2. The maximum Gasteiger partial charge on any atom is 0.243 e. The van der Waals surface area contributed by atoms with Crippen molar-refractivity contribution in [3.8, 4) is 0 Å². The molecule has 1 aliphatic heterocycles. The van der Waals surface area contributed by atoms with E-state index in [0.29, 0.717) is 37.0 Å². The molecule has 1 aromatic rings. The fourth-order valence-electron chi connectivity index (χ4n) is 3.97. The second-order valence-corrected chi connectivity index (χ2v) is 11.1. The molecule has 27 heavy (non-hydrogen) atoms. The number of piperazine rings is 1. The fourth-order valence-corrected chi connectivity index (χ4v) is 5.80. The van der Waals surface area contributed by atoms with Crippen molar-refractivity contribution in [3.05, 3.63) is 28.8 Å². The zero-order valence-corrected chi connectivity index (χ0v) is 18.2. The molecule has 0 bridgehead atoms. The molecule has 1 saturated heterocycles. The summed E-state index contributed by atoms with van der Waals surface area (Å²) in [6, 6.07) is 3.99. The van der Waals surface area contributed by atoms with E-state index in [9.17, 15) is 13.2 Å². The van der Waals surface area contributed by atoms with Crippen molar-refractivity contribution < 1.29 is 13.2 Å². The van der Waals surface area contributed by atoms with Gasteiger partial charge in [-0.2, -0.15) is 4.31 Å². The molecule has 2 fully saturated rings. The van der Waals surface area contributed by atoms with E-state index >= 15 is 0 Å². The number of carbonyl (C=O) groups excluding carboxylic acids is 1. The van der Waals surface area contributed by atoms with Gasteiger partial charge in [-0.25, -0.2) is 8.42 Å². The molecule has 1 aliphatic carbocycles. The summed E-state index contributed by atoms with van der Waals surface area (Å²) >= 11 is 0. The molecule has 0 aromatic heterocycles. The highest BCUT2D eigenvalue weighted by Gasteiger charge is 2.42. The van der Waals surface area contributed by atoms with E-state index in [1.54, 1.807) is 4.31 Å². The third-order valence-electron chi connectivity index (χ3n) is 5.90. The van der Waals surface area contributed by atoms with Crippen molar-refractivity contribution in [2.24, 2.45) is 11.8 Å². The molecule has 3 rings (SSSR count). The van der Waals surface area contributed by atoms with Gasteiger partial charge in [0.05, 0.1) is 4.90 Å². The average molecular weight is 393 g/mol. The maximum absolute atomic E-state index is 13.3. The van der Waals surface area contributed by atoms with Gasteiger partial charge in [-0.05, 0) is 48.3 Å². The lowest BCUT2D eigenvalue weighted by Crippen LogP contribution is -2.51. The first-order chi connectivity index (χ1) is 12.4. The van der Waals surface area contributed by atoms with Crippen LogP contribution in [0, 0.1) is 25.7 Å². The first-order valence-electron chi connectivity index (χ1n) is 9.83. The van der Waals surface area contributed by atoms with Crippen molar-refractivity contribution >= 4 is 15.9 Å². The lowest BCUT2D eigenvalue weighted by atomic mass is 9.85. The summed E-state index contributed by atoms with van der Waals surface area (Å²) < 4.78 is 28.1. The normalized spacial score (nSPS) is 24.1. The Kier molecular flexibility index (Phi) is 5.19. The Hall–Kier alpha value is -1.40. The predicted molar refractivity (Wildman–Crippen MR) is 107 cm³/mol. The molecule has 5 nitrogen and oxygen atoms in total. The van der Waals surface area contributed by atoms with Crippen molar-refractivity contribution in [2.75, 3.05) is 26.2 Å². The van der Waals surface area contributed by atoms with E-state index in [0.717, 1.165) is 23.1 Å². The molecule has 0 radical (unpaired) electrons. The minimum absolute atomic E-state index is 0.0241. The van der Waals surface area contributed by atoms with Crippen molar-refractivity contribution in [1.82, 2.24) is 9.21 Å². The van der Waals surface area contributed by atoms with Crippen LogP contribution in [0.5, 0.6) is 0 Å². The van der Waals surface area contributed by atoms with Crippen LogP contribution in [0.3, 0.4) is 0 Å². The third-order valence-corrected chi connectivity index (χ3v) is 8.11. The smallest absolute Gasteiger partial charge is 0.243 e. The molecule has 1 saturated carbocycles. The molecule has 1 aromatic carbocycles. The highest BCUT2D eigenvalue weighted by molar-refractivity contribution is 7.89. The van der Waals surface area contributed by atoms with Gasteiger partial charge in [-0.3, -0.25) is 4.79 Å². The van der Waals surface area contributed by atoms with Gasteiger partial charge in [0.15, 0.2) is 0 Å². The molecular weight excluding hydrogens is 360 g/mol. The van der Waals surface area contributed by atoms with E-state index in [2.05, 4.69) is 27.7 Å². The van der Waals surface area contributed by atoms with Crippen LogP contribution in [0.15, 0.2) is 17.0 Å². The standard InChI is InChI=1S/C21H32N2O3S/c1-14-13-18(14)20(24)22-7-9-23(10-8-22)27(25,26)19-15(2)11-17(12-16(19)3)21(4,5)6/h11-12,14,18H,7-10,13H2,1-6H3/t14-,18-/m0/s1. The van der Waals surface area contributed by atoms with E-state index in [-0.39, 0.29) is 17.2 Å². The summed E-state index contributed by atoms with van der Waals surface area (Å²) in [5.41, 5.74) is 2.71. The van der Waals surface area contributed by atoms with E-state index in [1.165, 1.54) is 0 Å². The lowest BCUT2D eigenvalue weighted by molar-refractivity contribution is -0.134. The Morgan fingerprint density at radius 2 is 1.52 bits per heavy atom. The number of aryl methyl sites for hydroxylation is 2. The van der Waals surface area contributed by atoms with Crippen LogP contribution in [0.2, 0.25) is 0 Å². The van der Waals surface area contributed by atoms with Crippen LogP contribution in [0.25, 0.3) is 0 Å². The van der Waals surface area contributed by atoms with Crippen molar-refractivity contribution in [2.45, 2.75) is 58.3 Å². The highest BCUT2D eigenvalue weighted by Crippen LogP contribution is 2.39. The molecule has 1 amide bonds. The van der Waals surface area contributed by atoms with Gasteiger partial charge in [0.2, 0.25) is 15.9 Å². The van der Waals surface area contributed by atoms with Gasteiger partial charge in [-0.1, -0.05) is 39.8 Å². The summed E-state index contributed by atoms with van der Waals surface area (Å²) in [6.07, 6.45) is 0.968. The van der Waals surface area contributed by atoms with Crippen LogP contribution >= 0.6 is 0 Å². The first kappa shape index (κ1) is 20.3. The lowest BCUT2D eigenvalue weighted by Gasteiger charge is -2.35. The van der Waals surface area contributed by atoms with Gasteiger partial charge in [0, 0.05) is 32.1 Å². The van der Waals surface area contributed by atoms with Crippen LogP contribution in [-0.2, 0) is 20.2 Å². The van der Waals surface area contributed by atoms with Crippen molar-refractivity contribution in [3.63, 3.8) is 0 Å². The minimum atomic E-state index is -3.55. The summed E-state index contributed by atoms with van der Waals surface area (Å²) in [6.45, 7) is 14.0.